The van der Waals surface area contributed by atoms with Crippen LogP contribution in [-0.4, -0.2) is 29.0 Å². The monoisotopic (exact) mass is 286 g/mol. The normalized spacial score (nSPS) is 18.9. The molecular weight excluding hydrogens is 279 g/mol. The minimum Gasteiger partial charge on any atom is -0.295 e. The number of nitrogens with zero attached hydrogens (tertiary/aromatic N) is 6. The van der Waals surface area contributed by atoms with Crippen LogP contribution in [0.1, 0.15) is 6.42 Å². The number of halogens is 2. The molecule has 1 saturated heterocycles. The lowest BCUT2D eigenvalue weighted by molar-refractivity contribution is -0.117. The summed E-state index contributed by atoms with van der Waals surface area (Å²) in [5, 5.41) is 3.72. The van der Waals surface area contributed by atoms with Crippen molar-refractivity contribution in [2.24, 2.45) is 11.0 Å². The van der Waals surface area contributed by atoms with E-state index in [1.807, 2.05) is 0 Å². The number of carbonyl (C=O) groups excluding carboxylic acids is 1. The molecule has 1 atom stereocenters. The standard InChI is InChI=1S/C9H8Cl2N6O/c10-7-8(11)13-4-14-9(7)17-3-5(1-6(17)18)2-15-16-12/h4-5H,1-3H2. The molecule has 1 amide bonds. The quantitative estimate of drug-likeness (QED) is 0.369. The number of carbonyl (C=O) groups is 1. The second-order valence-corrected chi connectivity index (χ2v) is 4.53. The van der Waals surface area contributed by atoms with Crippen LogP contribution in [0.5, 0.6) is 0 Å². The van der Waals surface area contributed by atoms with Crippen LogP contribution in [-0.2, 0) is 4.79 Å². The second kappa shape index (κ2) is 5.39. The third kappa shape index (κ3) is 2.48. The van der Waals surface area contributed by atoms with Crippen molar-refractivity contribution in [2.45, 2.75) is 6.42 Å². The summed E-state index contributed by atoms with van der Waals surface area (Å²) in [6.07, 6.45) is 1.55. The molecule has 1 fully saturated rings. The number of azide groups is 1. The lowest BCUT2D eigenvalue weighted by Crippen LogP contribution is -2.26. The highest BCUT2D eigenvalue weighted by Gasteiger charge is 2.32. The molecule has 0 spiro atoms. The minimum absolute atomic E-state index is 0.0294. The summed E-state index contributed by atoms with van der Waals surface area (Å²) >= 11 is 11.7. The number of anilines is 1. The molecule has 0 aliphatic carbocycles. The molecular formula is C9H8Cl2N6O. The molecule has 1 aliphatic rings. The first-order chi connectivity index (χ1) is 8.63. The first-order valence-corrected chi connectivity index (χ1v) is 5.86. The third-order valence-corrected chi connectivity index (χ3v) is 3.32. The molecule has 0 aromatic carbocycles. The molecule has 1 aliphatic heterocycles. The summed E-state index contributed by atoms with van der Waals surface area (Å²) in [4.78, 5) is 23.6. The summed E-state index contributed by atoms with van der Waals surface area (Å²) < 4.78 is 0. The predicted molar refractivity (Wildman–Crippen MR) is 66.5 cm³/mol. The van der Waals surface area contributed by atoms with E-state index < -0.39 is 0 Å². The van der Waals surface area contributed by atoms with E-state index in [9.17, 15) is 4.79 Å². The molecule has 7 nitrogen and oxygen atoms in total. The van der Waals surface area contributed by atoms with Gasteiger partial charge in [0.25, 0.3) is 0 Å². The van der Waals surface area contributed by atoms with Gasteiger partial charge >= 0.3 is 0 Å². The molecule has 94 valence electrons. The maximum atomic E-state index is 11.8. The van der Waals surface area contributed by atoms with Gasteiger partial charge in [-0.25, -0.2) is 9.97 Å². The van der Waals surface area contributed by atoms with Gasteiger partial charge in [-0.1, -0.05) is 28.3 Å². The highest BCUT2D eigenvalue weighted by Crippen LogP contribution is 2.32. The molecule has 18 heavy (non-hydrogen) atoms. The van der Waals surface area contributed by atoms with Gasteiger partial charge in [-0.15, -0.1) is 0 Å². The molecule has 1 aromatic rings. The van der Waals surface area contributed by atoms with Crippen molar-refractivity contribution < 1.29 is 4.79 Å². The summed E-state index contributed by atoms with van der Waals surface area (Å²) in [6.45, 7) is 0.681. The number of aromatic nitrogens is 2. The Kier molecular flexibility index (Phi) is 3.86. The van der Waals surface area contributed by atoms with Crippen LogP contribution in [0.3, 0.4) is 0 Å². The molecule has 0 saturated carbocycles. The van der Waals surface area contributed by atoms with Gasteiger partial charge in [0.1, 0.15) is 11.3 Å². The van der Waals surface area contributed by atoms with Gasteiger partial charge in [-0.2, -0.15) is 0 Å². The van der Waals surface area contributed by atoms with E-state index in [4.69, 9.17) is 28.7 Å². The Balaban J connectivity index is 2.21. The van der Waals surface area contributed by atoms with Crippen LogP contribution in [0.15, 0.2) is 11.4 Å². The Morgan fingerprint density at radius 2 is 2.33 bits per heavy atom. The van der Waals surface area contributed by atoms with E-state index in [0.717, 1.165) is 0 Å². The Hall–Kier alpha value is -1.56. The van der Waals surface area contributed by atoms with E-state index in [2.05, 4.69) is 20.0 Å². The maximum Gasteiger partial charge on any atom is 0.228 e. The van der Waals surface area contributed by atoms with Crippen molar-refractivity contribution in [2.75, 3.05) is 18.0 Å². The van der Waals surface area contributed by atoms with Crippen molar-refractivity contribution in [1.29, 1.82) is 0 Å². The maximum absolute atomic E-state index is 11.8. The van der Waals surface area contributed by atoms with Gasteiger partial charge in [-0.05, 0) is 11.4 Å². The summed E-state index contributed by atoms with van der Waals surface area (Å²) in [5.41, 5.74) is 8.26. The van der Waals surface area contributed by atoms with Crippen molar-refractivity contribution in [3.63, 3.8) is 0 Å². The number of rotatable bonds is 3. The van der Waals surface area contributed by atoms with E-state index in [1.165, 1.54) is 11.2 Å². The van der Waals surface area contributed by atoms with Gasteiger partial charge in [-0.3, -0.25) is 9.69 Å². The Labute approximate surface area is 112 Å². The molecule has 0 radical (unpaired) electrons. The third-order valence-electron chi connectivity index (χ3n) is 2.59. The SMILES string of the molecule is [N-]=[N+]=NCC1CC(=O)N(c2ncnc(Cl)c2Cl)C1. The van der Waals surface area contributed by atoms with Crippen LogP contribution in [0.4, 0.5) is 5.82 Å². The number of hydrogen-bond donors (Lipinski definition) is 0. The highest BCUT2D eigenvalue weighted by molar-refractivity contribution is 6.43. The van der Waals surface area contributed by atoms with E-state index >= 15 is 0 Å². The zero-order valence-electron chi connectivity index (χ0n) is 9.12. The zero-order chi connectivity index (χ0) is 13.1. The van der Waals surface area contributed by atoms with Gasteiger partial charge in [0, 0.05) is 24.4 Å². The van der Waals surface area contributed by atoms with Gasteiger partial charge in [0.15, 0.2) is 11.0 Å². The van der Waals surface area contributed by atoms with Crippen molar-refractivity contribution in [3.8, 4) is 0 Å². The van der Waals surface area contributed by atoms with E-state index in [0.29, 0.717) is 18.8 Å². The number of amides is 1. The van der Waals surface area contributed by atoms with Crippen molar-refractivity contribution in [3.05, 3.63) is 26.9 Å². The first-order valence-electron chi connectivity index (χ1n) is 5.10. The highest BCUT2D eigenvalue weighted by atomic mass is 35.5. The Morgan fingerprint density at radius 3 is 3.06 bits per heavy atom. The lowest BCUT2D eigenvalue weighted by Gasteiger charge is -2.16. The average Bonchev–Trinajstić information content (AvgIpc) is 2.71. The summed E-state index contributed by atoms with van der Waals surface area (Å²) in [6, 6.07) is 0. The molecule has 1 unspecified atom stereocenters. The van der Waals surface area contributed by atoms with Gasteiger partial charge < -0.3 is 0 Å². The molecule has 0 N–H and O–H groups in total. The second-order valence-electron chi connectivity index (χ2n) is 3.79. The number of hydrogen-bond acceptors (Lipinski definition) is 4. The topological polar surface area (TPSA) is 94.9 Å². The zero-order valence-corrected chi connectivity index (χ0v) is 10.6. The fourth-order valence-corrected chi connectivity index (χ4v) is 2.12. The fraction of sp³-hybridized carbons (Fsp3) is 0.444. The Bertz CT molecular complexity index is 530. The van der Waals surface area contributed by atoms with Crippen LogP contribution in [0.25, 0.3) is 10.4 Å². The molecule has 1 aromatic heterocycles. The van der Waals surface area contributed by atoms with Gasteiger partial charge in [0.05, 0.1) is 0 Å². The molecule has 9 heteroatoms. The Morgan fingerprint density at radius 1 is 1.56 bits per heavy atom. The fourth-order valence-electron chi connectivity index (χ4n) is 1.79. The van der Waals surface area contributed by atoms with Crippen LogP contribution >= 0.6 is 23.2 Å². The molecule has 0 bridgehead atoms. The average molecular weight is 287 g/mol. The van der Waals surface area contributed by atoms with E-state index in [-0.39, 0.29) is 28.5 Å². The summed E-state index contributed by atoms with van der Waals surface area (Å²) in [7, 11) is 0. The van der Waals surface area contributed by atoms with Gasteiger partial charge in [0.2, 0.25) is 5.91 Å². The minimum atomic E-state index is -0.121. The molecule has 2 rings (SSSR count). The van der Waals surface area contributed by atoms with Crippen molar-refractivity contribution in [1.82, 2.24) is 9.97 Å². The molecule has 2 heterocycles. The smallest absolute Gasteiger partial charge is 0.228 e. The van der Waals surface area contributed by atoms with Crippen LogP contribution in [0.2, 0.25) is 10.2 Å². The largest absolute Gasteiger partial charge is 0.295 e. The first kappa shape index (κ1) is 12.9. The predicted octanol–water partition coefficient (Wildman–Crippen LogP) is 2.45. The van der Waals surface area contributed by atoms with Crippen LogP contribution in [0, 0.1) is 5.92 Å². The lowest BCUT2D eigenvalue weighted by atomic mass is 10.1. The van der Waals surface area contributed by atoms with Crippen LogP contribution < -0.4 is 4.90 Å². The summed E-state index contributed by atoms with van der Waals surface area (Å²) in [5.74, 6) is 0.146. The van der Waals surface area contributed by atoms with E-state index in [1.54, 1.807) is 0 Å². The van der Waals surface area contributed by atoms with Crippen molar-refractivity contribution >= 4 is 34.9 Å².